The Labute approximate surface area is 189 Å². The van der Waals surface area contributed by atoms with Crippen molar-refractivity contribution in [1.82, 2.24) is 30.1 Å². The highest BCUT2D eigenvalue weighted by Crippen LogP contribution is 2.31. The summed E-state index contributed by atoms with van der Waals surface area (Å²) in [6, 6.07) is 5.94. The number of hydrogen-bond acceptors (Lipinski definition) is 6. The van der Waals surface area contributed by atoms with Crippen LogP contribution in [0.25, 0.3) is 10.9 Å². The third-order valence-corrected chi connectivity index (χ3v) is 6.37. The summed E-state index contributed by atoms with van der Waals surface area (Å²) in [6.45, 7) is 15.4. The molecule has 0 aliphatic heterocycles. The highest BCUT2D eigenvalue weighted by molar-refractivity contribution is 5.83. The second kappa shape index (κ2) is 9.50. The molecule has 0 spiro atoms. The molecule has 1 aromatic carbocycles. The molecule has 0 aliphatic rings. The monoisotopic (exact) mass is 440 g/mol. The predicted octanol–water partition coefficient (Wildman–Crippen LogP) is 3.47. The molecule has 174 valence electrons. The van der Waals surface area contributed by atoms with Crippen LogP contribution in [0.2, 0.25) is 0 Å². The van der Waals surface area contributed by atoms with Crippen LogP contribution in [-0.4, -0.2) is 48.3 Å². The molecule has 0 aliphatic carbocycles. The number of aliphatic hydroxyl groups excluding tert-OH is 1. The fourth-order valence-electron chi connectivity index (χ4n) is 4.34. The molecule has 8 heteroatoms. The van der Waals surface area contributed by atoms with E-state index in [4.69, 9.17) is 0 Å². The lowest BCUT2D eigenvalue weighted by atomic mass is 9.97. The highest BCUT2D eigenvalue weighted by atomic mass is 16.3. The summed E-state index contributed by atoms with van der Waals surface area (Å²) >= 11 is 0. The van der Waals surface area contributed by atoms with Crippen molar-refractivity contribution in [2.24, 2.45) is 5.92 Å². The number of hydrogen-bond donors (Lipinski definition) is 2. The van der Waals surface area contributed by atoms with Crippen LogP contribution in [0.15, 0.2) is 23.0 Å². The van der Waals surface area contributed by atoms with E-state index in [1.807, 2.05) is 23.7 Å². The van der Waals surface area contributed by atoms with Crippen LogP contribution in [0.3, 0.4) is 0 Å². The van der Waals surface area contributed by atoms with E-state index >= 15 is 0 Å². The van der Waals surface area contributed by atoms with Crippen LogP contribution < -0.4 is 5.56 Å². The normalized spacial score (nSPS) is 13.4. The summed E-state index contributed by atoms with van der Waals surface area (Å²) in [6.07, 6.45) is 0.874. The Bertz CT molecular complexity index is 1130. The topological polar surface area (TPSA) is 99.9 Å². The Morgan fingerprint density at radius 3 is 2.56 bits per heavy atom. The molecule has 0 radical (unpaired) electrons. The summed E-state index contributed by atoms with van der Waals surface area (Å²) in [5, 5.41) is 23.5. The van der Waals surface area contributed by atoms with Crippen LogP contribution >= 0.6 is 0 Å². The Morgan fingerprint density at radius 2 is 1.94 bits per heavy atom. The standard InChI is InChI=1S/C24H36N6O2/c1-8-24(6,7)30-22(26-27-28-30)21(15(2)3)29(9-10-31)14-18-13-19-17(5)11-16(4)12-20(19)25-23(18)32/h11-13,15,21,31H,8-10,14H2,1-7H3,(H,25,32)/t21-/m1/s1. The van der Waals surface area contributed by atoms with E-state index < -0.39 is 0 Å². The zero-order chi connectivity index (χ0) is 23.6. The maximum absolute atomic E-state index is 13.0. The van der Waals surface area contributed by atoms with E-state index in [9.17, 15) is 9.90 Å². The molecule has 0 amide bonds. The Kier molecular flexibility index (Phi) is 7.15. The van der Waals surface area contributed by atoms with Gasteiger partial charge in [0.05, 0.1) is 18.2 Å². The number of aromatic nitrogens is 5. The van der Waals surface area contributed by atoms with E-state index in [2.05, 4.69) is 73.0 Å². The number of aromatic amines is 1. The number of nitrogens with zero attached hydrogens (tertiary/aromatic N) is 5. The van der Waals surface area contributed by atoms with Gasteiger partial charge in [0, 0.05) is 29.6 Å². The third-order valence-electron chi connectivity index (χ3n) is 6.37. The highest BCUT2D eigenvalue weighted by Gasteiger charge is 2.33. The molecule has 0 fully saturated rings. The number of nitrogens with one attached hydrogen (secondary N) is 1. The summed E-state index contributed by atoms with van der Waals surface area (Å²) < 4.78 is 1.89. The summed E-state index contributed by atoms with van der Waals surface area (Å²) in [7, 11) is 0. The molecule has 0 unspecified atom stereocenters. The van der Waals surface area contributed by atoms with Gasteiger partial charge in [-0.1, -0.05) is 26.8 Å². The minimum absolute atomic E-state index is 0.0222. The summed E-state index contributed by atoms with van der Waals surface area (Å²) in [4.78, 5) is 18.1. The fourth-order valence-corrected chi connectivity index (χ4v) is 4.34. The smallest absolute Gasteiger partial charge is 0.252 e. The Balaban J connectivity index is 2.07. The minimum Gasteiger partial charge on any atom is -0.395 e. The predicted molar refractivity (Wildman–Crippen MR) is 127 cm³/mol. The lowest BCUT2D eigenvalue weighted by Gasteiger charge is -2.35. The molecular formula is C24H36N6O2. The molecule has 32 heavy (non-hydrogen) atoms. The van der Waals surface area contributed by atoms with Crippen LogP contribution in [-0.2, 0) is 12.1 Å². The van der Waals surface area contributed by atoms with Crippen molar-refractivity contribution in [3.05, 3.63) is 51.1 Å². The largest absolute Gasteiger partial charge is 0.395 e. The van der Waals surface area contributed by atoms with Crippen LogP contribution in [0, 0.1) is 19.8 Å². The zero-order valence-corrected chi connectivity index (χ0v) is 20.3. The summed E-state index contributed by atoms with van der Waals surface area (Å²) in [5.74, 6) is 0.923. The van der Waals surface area contributed by atoms with E-state index in [1.165, 1.54) is 0 Å². The number of tetrazole rings is 1. The lowest BCUT2D eigenvalue weighted by Crippen LogP contribution is -2.39. The molecule has 2 N–H and O–H groups in total. The zero-order valence-electron chi connectivity index (χ0n) is 20.3. The number of aryl methyl sites for hydroxylation is 2. The van der Waals surface area contributed by atoms with Crippen LogP contribution in [0.1, 0.15) is 69.6 Å². The molecule has 1 atom stereocenters. The second-order valence-corrected chi connectivity index (χ2v) is 9.66. The molecule has 0 saturated heterocycles. The van der Waals surface area contributed by atoms with Crippen molar-refractivity contribution in [3.8, 4) is 0 Å². The van der Waals surface area contributed by atoms with Gasteiger partial charge in [-0.25, -0.2) is 4.68 Å². The van der Waals surface area contributed by atoms with Gasteiger partial charge >= 0.3 is 0 Å². The van der Waals surface area contributed by atoms with Crippen molar-refractivity contribution >= 4 is 10.9 Å². The maximum Gasteiger partial charge on any atom is 0.252 e. The average molecular weight is 441 g/mol. The Morgan fingerprint density at radius 1 is 1.22 bits per heavy atom. The van der Waals surface area contributed by atoms with Gasteiger partial charge < -0.3 is 10.1 Å². The van der Waals surface area contributed by atoms with Crippen molar-refractivity contribution in [3.63, 3.8) is 0 Å². The molecule has 0 bridgehead atoms. The van der Waals surface area contributed by atoms with Gasteiger partial charge in [0.2, 0.25) is 0 Å². The molecule has 0 saturated carbocycles. The van der Waals surface area contributed by atoms with Gasteiger partial charge in [-0.05, 0) is 73.7 Å². The minimum atomic E-state index is -0.244. The van der Waals surface area contributed by atoms with Crippen LogP contribution in [0.4, 0.5) is 0 Å². The third kappa shape index (κ3) is 4.76. The first-order valence-corrected chi connectivity index (χ1v) is 11.4. The molecule has 3 rings (SSSR count). The van der Waals surface area contributed by atoms with Gasteiger partial charge in [-0.15, -0.1) is 5.10 Å². The Hall–Kier alpha value is -2.58. The summed E-state index contributed by atoms with van der Waals surface area (Å²) in [5.41, 5.74) is 3.40. The second-order valence-electron chi connectivity index (χ2n) is 9.66. The van der Waals surface area contributed by atoms with Crippen molar-refractivity contribution < 1.29 is 5.11 Å². The SMILES string of the molecule is CCC(C)(C)n1nnnc1[C@@H](C(C)C)N(CCO)Cc1cc2c(C)cc(C)cc2[nH]c1=O. The number of pyridine rings is 1. The van der Waals surface area contributed by atoms with E-state index in [0.717, 1.165) is 34.3 Å². The van der Waals surface area contributed by atoms with Gasteiger partial charge in [0.1, 0.15) is 0 Å². The van der Waals surface area contributed by atoms with Crippen molar-refractivity contribution in [2.75, 3.05) is 13.2 Å². The van der Waals surface area contributed by atoms with E-state index in [0.29, 0.717) is 18.7 Å². The average Bonchev–Trinajstić information content (AvgIpc) is 3.19. The molecule has 2 heterocycles. The molecule has 2 aromatic heterocycles. The van der Waals surface area contributed by atoms with Crippen LogP contribution in [0.5, 0.6) is 0 Å². The van der Waals surface area contributed by atoms with E-state index in [-0.39, 0.29) is 29.7 Å². The molecule has 3 aromatic rings. The van der Waals surface area contributed by atoms with Gasteiger partial charge in [0.15, 0.2) is 5.82 Å². The van der Waals surface area contributed by atoms with E-state index in [1.54, 1.807) is 0 Å². The van der Waals surface area contributed by atoms with Gasteiger partial charge in [-0.2, -0.15) is 0 Å². The number of rotatable bonds is 9. The first-order chi connectivity index (χ1) is 15.1. The number of benzene rings is 1. The quantitative estimate of drug-likeness (QED) is 0.528. The van der Waals surface area contributed by atoms with Crippen molar-refractivity contribution in [1.29, 1.82) is 0 Å². The lowest BCUT2D eigenvalue weighted by molar-refractivity contribution is 0.0999. The molecule has 8 nitrogen and oxygen atoms in total. The fraction of sp³-hybridized carbons (Fsp3) is 0.583. The number of H-pyrrole nitrogens is 1. The van der Waals surface area contributed by atoms with Crippen molar-refractivity contribution in [2.45, 2.75) is 73.0 Å². The number of aliphatic hydroxyl groups is 1. The molecular weight excluding hydrogens is 404 g/mol. The van der Waals surface area contributed by atoms with Gasteiger partial charge in [0.25, 0.3) is 5.56 Å². The first kappa shape index (κ1) is 24.1. The maximum atomic E-state index is 13.0. The first-order valence-electron chi connectivity index (χ1n) is 11.4. The van der Waals surface area contributed by atoms with Gasteiger partial charge in [-0.3, -0.25) is 9.69 Å². The number of fused-ring (bicyclic) bond motifs is 1.